The molecule has 188 valence electrons. The van der Waals surface area contributed by atoms with Crippen LogP contribution in [0, 0.1) is 0 Å². The summed E-state index contributed by atoms with van der Waals surface area (Å²) in [7, 11) is 0. The Bertz CT molecular complexity index is 1110. The second-order valence-corrected chi connectivity index (χ2v) is 10.3. The van der Waals surface area contributed by atoms with Crippen molar-refractivity contribution in [3.05, 3.63) is 108 Å². The summed E-state index contributed by atoms with van der Waals surface area (Å²) in [6.45, 7) is 0.311. The summed E-state index contributed by atoms with van der Waals surface area (Å²) in [4.78, 5) is 0. The molecule has 36 heavy (non-hydrogen) atoms. The molecule has 3 unspecified atom stereocenters. The highest BCUT2D eigenvalue weighted by Gasteiger charge is 2.60. The van der Waals surface area contributed by atoms with Crippen molar-refractivity contribution in [2.75, 3.05) is 13.2 Å². The zero-order valence-electron chi connectivity index (χ0n) is 19.0. The van der Waals surface area contributed by atoms with Crippen molar-refractivity contribution >= 4 is 34.8 Å². The Labute approximate surface area is 223 Å². The van der Waals surface area contributed by atoms with Crippen LogP contribution in [-0.2, 0) is 44.2 Å². The van der Waals surface area contributed by atoms with Crippen LogP contribution in [0.1, 0.15) is 16.7 Å². The minimum Gasteiger partial charge on any atom is -0.331 e. The molecule has 9 heteroatoms. The largest absolute Gasteiger partial charge is 0.331 e. The van der Waals surface area contributed by atoms with Gasteiger partial charge in [0.2, 0.25) is 0 Å². The Balaban J connectivity index is 1.29. The lowest BCUT2D eigenvalue weighted by molar-refractivity contribution is -0.148. The van der Waals surface area contributed by atoms with Gasteiger partial charge in [-0.3, -0.25) is 0 Å². The first-order valence-electron chi connectivity index (χ1n) is 11.6. The summed E-state index contributed by atoms with van der Waals surface area (Å²) in [5, 5.41) is -4.49. The van der Waals surface area contributed by atoms with Gasteiger partial charge in [0, 0.05) is 16.7 Å². The molecule has 0 bridgehead atoms. The highest BCUT2D eigenvalue weighted by molar-refractivity contribution is 6.22. The van der Waals surface area contributed by atoms with Gasteiger partial charge in [0.1, 0.15) is 24.4 Å². The van der Waals surface area contributed by atoms with Gasteiger partial charge in [-0.1, -0.05) is 126 Å². The first kappa shape index (κ1) is 24.6. The van der Waals surface area contributed by atoms with E-state index in [1.165, 1.54) is 0 Å². The smallest absolute Gasteiger partial charge is 0.277 e. The Hall–Kier alpha value is -1.71. The van der Waals surface area contributed by atoms with E-state index in [1.807, 2.05) is 91.0 Å². The molecule has 0 aromatic heterocycles. The number of halogens is 3. The topological polar surface area (TPSA) is 55.4 Å². The molecule has 0 amide bonds. The van der Waals surface area contributed by atoms with Crippen LogP contribution < -0.4 is 0 Å². The van der Waals surface area contributed by atoms with Crippen molar-refractivity contribution in [3.63, 3.8) is 0 Å². The Morgan fingerprint density at radius 3 is 1.17 bits per heavy atom. The quantitative estimate of drug-likeness (QED) is 0.378. The summed E-state index contributed by atoms with van der Waals surface area (Å²) in [5.41, 5.74) is 1.99. The van der Waals surface area contributed by atoms with E-state index >= 15 is 0 Å². The summed E-state index contributed by atoms with van der Waals surface area (Å²) in [5.74, 6) is 0. The number of hydrogen-bond donors (Lipinski definition) is 0. The lowest BCUT2D eigenvalue weighted by atomic mass is 10.0. The molecule has 7 atom stereocenters. The van der Waals surface area contributed by atoms with Crippen LogP contribution in [0.4, 0.5) is 0 Å². The Kier molecular flexibility index (Phi) is 6.53. The number of rotatable bonds is 5. The Morgan fingerprint density at radius 1 is 0.472 bits per heavy atom. The molecule has 3 fully saturated rings. The van der Waals surface area contributed by atoms with Crippen molar-refractivity contribution in [3.8, 4) is 0 Å². The fourth-order valence-electron chi connectivity index (χ4n) is 4.67. The molecule has 3 aromatic rings. The van der Waals surface area contributed by atoms with E-state index < -0.39 is 40.2 Å². The minimum absolute atomic E-state index is 0.156. The normalized spacial score (nSPS) is 38.4. The predicted octanol–water partition coefficient (Wildman–Crippen LogP) is 5.75. The third-order valence-electron chi connectivity index (χ3n) is 6.46. The summed E-state index contributed by atoms with van der Waals surface area (Å²) in [6, 6.07) is 27.9. The average molecular weight is 550 g/mol. The van der Waals surface area contributed by atoms with Crippen molar-refractivity contribution in [2.45, 2.75) is 40.2 Å². The summed E-state index contributed by atoms with van der Waals surface area (Å²) in [6.07, 6.45) is -2.61. The molecular formula is C27H23Cl3O6. The van der Waals surface area contributed by atoms with Crippen LogP contribution in [-0.4, -0.2) is 37.6 Å². The van der Waals surface area contributed by atoms with Crippen LogP contribution in [0.5, 0.6) is 0 Å². The first-order valence-corrected chi connectivity index (χ1v) is 12.7. The van der Waals surface area contributed by atoms with E-state index in [0.29, 0.717) is 16.7 Å². The fourth-order valence-corrected chi connectivity index (χ4v) is 5.60. The van der Waals surface area contributed by atoms with Gasteiger partial charge in [-0.05, 0) is 0 Å². The average Bonchev–Trinajstić information content (AvgIpc) is 3.62. The van der Waals surface area contributed by atoms with E-state index in [0.717, 1.165) is 0 Å². The molecule has 0 N–H and O–H groups in total. The number of alkyl halides is 3. The highest BCUT2D eigenvalue weighted by atomic mass is 35.5. The van der Waals surface area contributed by atoms with Crippen molar-refractivity contribution in [1.82, 2.24) is 0 Å². The van der Waals surface area contributed by atoms with E-state index in [2.05, 4.69) is 0 Å². The van der Waals surface area contributed by atoms with Crippen molar-refractivity contribution < 1.29 is 28.4 Å². The van der Waals surface area contributed by atoms with Gasteiger partial charge in [-0.2, -0.15) is 0 Å². The van der Waals surface area contributed by atoms with Gasteiger partial charge in [0.25, 0.3) is 15.7 Å². The predicted molar refractivity (Wildman–Crippen MR) is 133 cm³/mol. The molecular weight excluding hydrogens is 527 g/mol. The molecule has 3 aliphatic heterocycles. The van der Waals surface area contributed by atoms with Crippen LogP contribution in [0.15, 0.2) is 91.0 Å². The van der Waals surface area contributed by atoms with Gasteiger partial charge in [-0.25, -0.2) is 0 Å². The molecule has 0 radical (unpaired) electrons. The monoisotopic (exact) mass is 548 g/mol. The maximum Gasteiger partial charge on any atom is 0.277 e. The van der Waals surface area contributed by atoms with Crippen LogP contribution in [0.2, 0.25) is 0 Å². The summed E-state index contributed by atoms with van der Waals surface area (Å²) >= 11 is 20.4. The molecule has 0 aliphatic carbocycles. The SMILES string of the molecule is ClC1(c2ccccc2)O[C@H]([C@@H]2COC(Cl)(c3ccccc3)O2)[C@@H]([C@H]2COC(Cl)(c3ccccc3)O2)O1. The first-order chi connectivity index (χ1) is 17.4. The lowest BCUT2D eigenvalue weighted by Gasteiger charge is -2.27. The molecule has 3 aliphatic rings. The second kappa shape index (κ2) is 9.55. The van der Waals surface area contributed by atoms with Gasteiger partial charge < -0.3 is 28.4 Å². The lowest BCUT2D eigenvalue weighted by Crippen LogP contribution is -2.45. The third-order valence-corrected chi connectivity index (χ3v) is 7.69. The molecule has 0 saturated carbocycles. The number of hydrogen-bond acceptors (Lipinski definition) is 6. The van der Waals surface area contributed by atoms with E-state index in [-0.39, 0.29) is 13.2 Å². The van der Waals surface area contributed by atoms with Gasteiger partial charge in [0.15, 0.2) is 0 Å². The number of benzene rings is 3. The van der Waals surface area contributed by atoms with Gasteiger partial charge >= 0.3 is 0 Å². The van der Waals surface area contributed by atoms with Crippen molar-refractivity contribution in [2.24, 2.45) is 0 Å². The molecule has 3 aromatic carbocycles. The van der Waals surface area contributed by atoms with Crippen LogP contribution >= 0.6 is 34.8 Å². The number of ether oxygens (including phenoxy) is 6. The van der Waals surface area contributed by atoms with Crippen LogP contribution in [0.3, 0.4) is 0 Å². The van der Waals surface area contributed by atoms with Crippen molar-refractivity contribution in [1.29, 1.82) is 0 Å². The molecule has 3 heterocycles. The molecule has 0 spiro atoms. The zero-order chi connectivity index (χ0) is 24.8. The maximum absolute atomic E-state index is 6.92. The maximum atomic E-state index is 6.92. The molecule has 6 rings (SSSR count). The Morgan fingerprint density at radius 2 is 0.806 bits per heavy atom. The standard InChI is InChI=1S/C27H23Cl3O6/c28-25(18-10-4-1-5-11-18)31-16-21(33-25)23-24(36-27(30,35-23)20-14-8-3-9-15-20)22-17-32-26(29,34-22)19-12-6-2-7-13-19/h1-15,21-24H,16-17H2/t21-,22+,23-,24-,25?,26?,27?/m1/s1. The fraction of sp³-hybridized carbons (Fsp3) is 0.333. The zero-order valence-corrected chi connectivity index (χ0v) is 21.2. The molecule has 3 saturated heterocycles. The van der Waals surface area contributed by atoms with Crippen LogP contribution in [0.25, 0.3) is 0 Å². The summed E-state index contributed by atoms with van der Waals surface area (Å²) < 4.78 is 37.0. The second-order valence-electron chi connectivity index (χ2n) is 8.81. The molecule has 6 nitrogen and oxygen atoms in total. The van der Waals surface area contributed by atoms with E-state index in [1.54, 1.807) is 0 Å². The van der Waals surface area contributed by atoms with Gasteiger partial charge in [0.05, 0.1) is 13.2 Å². The highest BCUT2D eigenvalue weighted by Crippen LogP contribution is 2.50. The van der Waals surface area contributed by atoms with E-state index in [9.17, 15) is 0 Å². The van der Waals surface area contributed by atoms with Gasteiger partial charge in [-0.15, -0.1) is 0 Å². The minimum atomic E-state index is -1.57. The van der Waals surface area contributed by atoms with E-state index in [4.69, 9.17) is 63.2 Å². The third kappa shape index (κ3) is 4.45.